The predicted molar refractivity (Wildman–Crippen MR) is 110 cm³/mol. The molecule has 29 heavy (non-hydrogen) atoms. The summed E-state index contributed by atoms with van der Waals surface area (Å²) in [5.41, 5.74) is 2.98. The van der Waals surface area contributed by atoms with Crippen LogP contribution in [0.25, 0.3) is 22.9 Å². The van der Waals surface area contributed by atoms with Crippen LogP contribution < -0.4 is 5.32 Å². The Hall–Kier alpha value is -3.39. The number of furan rings is 2. The number of carbonyl (C=O) groups is 1. The maximum absolute atomic E-state index is 12.3. The lowest BCUT2D eigenvalue weighted by Crippen LogP contribution is -2.14. The highest BCUT2D eigenvalue weighted by Crippen LogP contribution is 2.30. The molecule has 146 valence electrons. The van der Waals surface area contributed by atoms with Crippen molar-refractivity contribution in [2.24, 2.45) is 0 Å². The summed E-state index contributed by atoms with van der Waals surface area (Å²) in [6.45, 7) is 2.09. The van der Waals surface area contributed by atoms with E-state index in [1.54, 1.807) is 36.8 Å². The third-order valence-corrected chi connectivity index (χ3v) is 4.99. The molecule has 0 aliphatic rings. The van der Waals surface area contributed by atoms with Gasteiger partial charge in [-0.05, 0) is 48.4 Å². The molecule has 4 aromatic rings. The molecule has 0 unspecified atom stereocenters. The molecule has 3 heterocycles. The summed E-state index contributed by atoms with van der Waals surface area (Å²) in [7, 11) is 0. The van der Waals surface area contributed by atoms with Gasteiger partial charge in [0.25, 0.3) is 0 Å². The number of amides is 1. The Morgan fingerprint density at radius 3 is 2.28 bits per heavy atom. The van der Waals surface area contributed by atoms with Crippen LogP contribution in [0.1, 0.15) is 12.5 Å². The number of aromatic nitrogens is 3. The highest BCUT2D eigenvalue weighted by Gasteiger charge is 2.18. The van der Waals surface area contributed by atoms with Gasteiger partial charge in [0.05, 0.1) is 18.3 Å². The van der Waals surface area contributed by atoms with E-state index in [-0.39, 0.29) is 11.7 Å². The number of hydrogen-bond acceptors (Lipinski definition) is 7. The summed E-state index contributed by atoms with van der Waals surface area (Å²) in [5, 5.41) is 11.6. The molecule has 0 saturated heterocycles. The lowest BCUT2D eigenvalue weighted by molar-refractivity contribution is -0.113. The second-order valence-corrected chi connectivity index (χ2v) is 7.08. The Labute approximate surface area is 171 Å². The zero-order valence-electron chi connectivity index (χ0n) is 15.7. The van der Waals surface area contributed by atoms with E-state index in [4.69, 9.17) is 8.83 Å². The molecule has 0 bridgehead atoms. The molecule has 4 rings (SSSR count). The third kappa shape index (κ3) is 4.55. The maximum Gasteiger partial charge on any atom is 0.234 e. The molecular formula is C21H18N4O3S. The van der Waals surface area contributed by atoms with E-state index >= 15 is 0 Å². The first-order valence-electron chi connectivity index (χ1n) is 9.07. The first-order chi connectivity index (χ1) is 14.2. The first kappa shape index (κ1) is 18.9. The number of anilines is 1. The van der Waals surface area contributed by atoms with Crippen LogP contribution in [0, 0.1) is 0 Å². The Balaban J connectivity index is 1.47. The molecule has 1 aromatic carbocycles. The van der Waals surface area contributed by atoms with Gasteiger partial charge in [0.2, 0.25) is 11.1 Å². The Morgan fingerprint density at radius 2 is 1.66 bits per heavy atom. The highest BCUT2D eigenvalue weighted by atomic mass is 32.2. The van der Waals surface area contributed by atoms with E-state index in [0.29, 0.717) is 28.1 Å². The van der Waals surface area contributed by atoms with Gasteiger partial charge >= 0.3 is 0 Å². The fourth-order valence-electron chi connectivity index (χ4n) is 2.69. The van der Waals surface area contributed by atoms with Gasteiger partial charge in [-0.15, -0.1) is 10.2 Å². The van der Waals surface area contributed by atoms with Crippen LogP contribution in [0.15, 0.2) is 75.0 Å². The minimum atomic E-state index is -0.141. The molecular weight excluding hydrogens is 388 g/mol. The summed E-state index contributed by atoms with van der Waals surface area (Å²) in [6, 6.07) is 14.9. The van der Waals surface area contributed by atoms with Crippen LogP contribution in [-0.2, 0) is 11.2 Å². The van der Waals surface area contributed by atoms with Crippen LogP contribution in [-0.4, -0.2) is 26.8 Å². The van der Waals surface area contributed by atoms with E-state index in [2.05, 4.69) is 27.4 Å². The molecule has 0 spiro atoms. The van der Waals surface area contributed by atoms with Gasteiger partial charge in [0, 0.05) is 5.69 Å². The molecule has 0 radical (unpaired) electrons. The number of rotatable bonds is 7. The van der Waals surface area contributed by atoms with Crippen LogP contribution >= 0.6 is 11.8 Å². The number of hydrogen-bond donors (Lipinski definition) is 1. The van der Waals surface area contributed by atoms with Crippen molar-refractivity contribution in [2.75, 3.05) is 11.1 Å². The first-order valence-corrected chi connectivity index (χ1v) is 10.1. The summed E-state index contributed by atoms with van der Waals surface area (Å²) < 4.78 is 10.9. The van der Waals surface area contributed by atoms with Crippen LogP contribution in [0.2, 0.25) is 0 Å². The van der Waals surface area contributed by atoms with Crippen molar-refractivity contribution in [1.29, 1.82) is 0 Å². The number of nitrogens with one attached hydrogen (secondary N) is 1. The Kier molecular flexibility index (Phi) is 5.71. The SMILES string of the molecule is CCc1ccc(NC(=O)CSc2nnc(-c3ccco3)c(-c3ccco3)n2)cc1. The fraction of sp³-hybridized carbons (Fsp3) is 0.143. The summed E-state index contributed by atoms with van der Waals surface area (Å²) >= 11 is 1.20. The van der Waals surface area contributed by atoms with Crippen molar-refractivity contribution >= 4 is 23.4 Å². The predicted octanol–water partition coefficient (Wildman–Crippen LogP) is 4.68. The van der Waals surface area contributed by atoms with Crippen molar-refractivity contribution < 1.29 is 13.6 Å². The molecule has 0 aliphatic carbocycles. The van der Waals surface area contributed by atoms with Crippen molar-refractivity contribution in [2.45, 2.75) is 18.5 Å². The van der Waals surface area contributed by atoms with Crippen LogP contribution in [0.3, 0.4) is 0 Å². The molecule has 0 aliphatic heterocycles. The van der Waals surface area contributed by atoms with Gasteiger partial charge in [-0.25, -0.2) is 4.98 Å². The van der Waals surface area contributed by atoms with Crippen LogP contribution in [0.5, 0.6) is 0 Å². The highest BCUT2D eigenvalue weighted by molar-refractivity contribution is 7.99. The molecule has 0 saturated carbocycles. The average Bonchev–Trinajstić information content (AvgIpc) is 3.47. The van der Waals surface area contributed by atoms with Gasteiger partial charge in [0.1, 0.15) is 5.69 Å². The lowest BCUT2D eigenvalue weighted by atomic mass is 10.1. The molecule has 7 nitrogen and oxygen atoms in total. The third-order valence-electron chi connectivity index (χ3n) is 4.15. The Morgan fingerprint density at radius 1 is 0.966 bits per heavy atom. The number of benzene rings is 1. The summed E-state index contributed by atoms with van der Waals surface area (Å²) in [6.07, 6.45) is 4.08. The largest absolute Gasteiger partial charge is 0.463 e. The van der Waals surface area contributed by atoms with Gasteiger partial charge in [-0.2, -0.15) is 0 Å². The van der Waals surface area contributed by atoms with E-state index in [1.165, 1.54) is 17.3 Å². The van der Waals surface area contributed by atoms with E-state index in [0.717, 1.165) is 12.1 Å². The fourth-order valence-corrected chi connectivity index (χ4v) is 3.27. The second-order valence-electron chi connectivity index (χ2n) is 6.13. The molecule has 0 fully saturated rings. The van der Waals surface area contributed by atoms with Gasteiger partial charge in [-0.3, -0.25) is 4.79 Å². The second kappa shape index (κ2) is 8.74. The van der Waals surface area contributed by atoms with Gasteiger partial charge in [0.15, 0.2) is 17.2 Å². The van der Waals surface area contributed by atoms with Crippen molar-refractivity contribution in [3.8, 4) is 22.9 Å². The van der Waals surface area contributed by atoms with E-state index in [1.807, 2.05) is 24.3 Å². The van der Waals surface area contributed by atoms with Crippen molar-refractivity contribution in [1.82, 2.24) is 15.2 Å². The monoisotopic (exact) mass is 406 g/mol. The minimum Gasteiger partial charge on any atom is -0.463 e. The van der Waals surface area contributed by atoms with E-state index in [9.17, 15) is 4.79 Å². The smallest absolute Gasteiger partial charge is 0.234 e. The molecule has 1 amide bonds. The van der Waals surface area contributed by atoms with Crippen molar-refractivity contribution in [3.05, 3.63) is 66.6 Å². The van der Waals surface area contributed by atoms with Crippen LogP contribution in [0.4, 0.5) is 5.69 Å². The average molecular weight is 406 g/mol. The number of thioether (sulfide) groups is 1. The van der Waals surface area contributed by atoms with E-state index < -0.39 is 0 Å². The molecule has 8 heteroatoms. The zero-order valence-corrected chi connectivity index (χ0v) is 16.5. The minimum absolute atomic E-state index is 0.141. The lowest BCUT2D eigenvalue weighted by Gasteiger charge is -2.07. The molecule has 1 N–H and O–H groups in total. The quantitative estimate of drug-likeness (QED) is 0.445. The zero-order chi connectivity index (χ0) is 20.1. The Bertz CT molecular complexity index is 1080. The number of carbonyl (C=O) groups excluding carboxylic acids is 1. The standard InChI is InChI=1S/C21H18N4O3S/c1-2-14-7-9-15(10-8-14)22-18(26)13-29-21-23-19(16-5-3-11-27-16)20(24-25-21)17-6-4-12-28-17/h3-12H,2,13H2,1H3,(H,22,26). The summed E-state index contributed by atoms with van der Waals surface area (Å²) in [5.74, 6) is 1.11. The summed E-state index contributed by atoms with van der Waals surface area (Å²) in [4.78, 5) is 16.8. The number of aryl methyl sites for hydroxylation is 1. The van der Waals surface area contributed by atoms with Gasteiger partial charge < -0.3 is 14.2 Å². The topological polar surface area (TPSA) is 94.1 Å². The maximum atomic E-state index is 12.3. The number of nitrogens with zero attached hydrogens (tertiary/aromatic N) is 3. The molecule has 3 aromatic heterocycles. The van der Waals surface area contributed by atoms with Gasteiger partial charge in [-0.1, -0.05) is 30.8 Å². The molecule has 0 atom stereocenters. The normalized spacial score (nSPS) is 10.8. The van der Waals surface area contributed by atoms with Crippen molar-refractivity contribution in [3.63, 3.8) is 0 Å².